The smallest absolute Gasteiger partial charge is 0.293 e. The lowest BCUT2D eigenvalue weighted by Crippen LogP contribution is -2.36. The number of rotatable bonds is 6. The van der Waals surface area contributed by atoms with Crippen molar-refractivity contribution in [3.63, 3.8) is 0 Å². The summed E-state index contributed by atoms with van der Waals surface area (Å²) in [6, 6.07) is 12.9. The Morgan fingerprint density at radius 1 is 1.14 bits per heavy atom. The number of aromatic nitrogens is 1. The second-order valence-electron chi connectivity index (χ2n) is 10.2. The Labute approximate surface area is 219 Å². The minimum atomic E-state index is -0.589. The highest BCUT2D eigenvalue weighted by Crippen LogP contribution is 2.30. The number of carbonyl (C=O) groups is 1. The van der Waals surface area contributed by atoms with Crippen LogP contribution < -0.4 is 19.7 Å². The van der Waals surface area contributed by atoms with Crippen LogP contribution in [0.25, 0.3) is 12.2 Å². The SMILES string of the molecule is Cc1ccc(Cn2c(=O)/c(=C/c3ccc(N4CCOCC4)c([N+](=O)[O-])c3)s/c2=C\C(=O)C(C)(C)C)cc1. The van der Waals surface area contributed by atoms with Crippen molar-refractivity contribution in [1.82, 2.24) is 4.57 Å². The highest BCUT2D eigenvalue weighted by molar-refractivity contribution is 7.07. The second-order valence-corrected chi connectivity index (χ2v) is 11.3. The number of carbonyl (C=O) groups excluding carboxylic acids is 1. The lowest BCUT2D eigenvalue weighted by molar-refractivity contribution is -0.384. The van der Waals surface area contributed by atoms with Crippen LogP contribution in [0.3, 0.4) is 0 Å². The third-order valence-corrected chi connectivity index (χ3v) is 7.30. The van der Waals surface area contributed by atoms with Crippen molar-refractivity contribution in [3.8, 4) is 0 Å². The summed E-state index contributed by atoms with van der Waals surface area (Å²) in [6.07, 6.45) is 3.19. The van der Waals surface area contributed by atoms with E-state index in [0.717, 1.165) is 11.1 Å². The zero-order valence-electron chi connectivity index (χ0n) is 21.5. The third kappa shape index (κ3) is 6.23. The molecule has 9 heteroatoms. The van der Waals surface area contributed by atoms with E-state index in [2.05, 4.69) is 0 Å². The standard InChI is InChI=1S/C28H31N3O5S/c1-19-5-7-20(8-6-19)18-30-26(17-25(32)28(2,3)4)37-24(27(30)33)16-21-9-10-22(23(15-21)31(34)35)29-11-13-36-14-12-29/h5-10,15-17H,11-14,18H2,1-4H3/b24-16-,26-17-. The molecule has 2 heterocycles. The lowest BCUT2D eigenvalue weighted by Gasteiger charge is -2.28. The van der Waals surface area contributed by atoms with Crippen molar-refractivity contribution in [2.24, 2.45) is 5.41 Å². The van der Waals surface area contributed by atoms with Crippen LogP contribution in [0, 0.1) is 22.5 Å². The normalized spacial score (nSPS) is 15.3. The number of nitro groups is 1. The summed E-state index contributed by atoms with van der Waals surface area (Å²) in [6.45, 7) is 10.0. The van der Waals surface area contributed by atoms with E-state index in [1.165, 1.54) is 23.5 Å². The van der Waals surface area contributed by atoms with Crippen LogP contribution >= 0.6 is 11.3 Å². The Morgan fingerprint density at radius 3 is 2.43 bits per heavy atom. The first-order valence-electron chi connectivity index (χ1n) is 12.2. The molecular formula is C28H31N3O5S. The Kier molecular flexibility index (Phi) is 7.75. The monoisotopic (exact) mass is 521 g/mol. The Balaban J connectivity index is 1.82. The van der Waals surface area contributed by atoms with E-state index in [-0.39, 0.29) is 17.0 Å². The van der Waals surface area contributed by atoms with Gasteiger partial charge < -0.3 is 9.64 Å². The number of hydrogen-bond acceptors (Lipinski definition) is 7. The zero-order chi connectivity index (χ0) is 26.7. The molecule has 194 valence electrons. The van der Waals surface area contributed by atoms with Crippen LogP contribution in [0.1, 0.15) is 37.5 Å². The molecule has 0 bridgehead atoms. The highest BCUT2D eigenvalue weighted by atomic mass is 32.1. The third-order valence-electron chi connectivity index (χ3n) is 6.24. The molecule has 1 aromatic heterocycles. The van der Waals surface area contributed by atoms with E-state index in [1.54, 1.807) is 22.8 Å². The molecule has 2 aromatic carbocycles. The fourth-order valence-electron chi connectivity index (χ4n) is 4.00. The number of thiazole rings is 1. The van der Waals surface area contributed by atoms with Gasteiger partial charge in [-0.05, 0) is 30.2 Å². The van der Waals surface area contributed by atoms with Gasteiger partial charge in [-0.2, -0.15) is 0 Å². The Bertz CT molecular complexity index is 1490. The first-order chi connectivity index (χ1) is 17.5. The topological polar surface area (TPSA) is 94.7 Å². The van der Waals surface area contributed by atoms with Gasteiger partial charge in [0.05, 0.1) is 29.2 Å². The van der Waals surface area contributed by atoms with Crippen LogP contribution in [0.15, 0.2) is 47.3 Å². The molecule has 1 aliphatic heterocycles. The number of hydrogen-bond donors (Lipinski definition) is 0. The van der Waals surface area contributed by atoms with Crippen molar-refractivity contribution in [3.05, 3.63) is 88.8 Å². The average Bonchev–Trinajstić information content (AvgIpc) is 3.14. The van der Waals surface area contributed by atoms with Crippen LogP contribution in [0.5, 0.6) is 0 Å². The van der Waals surface area contributed by atoms with E-state index in [4.69, 9.17) is 4.74 Å². The average molecular weight is 522 g/mol. The van der Waals surface area contributed by atoms with Crippen molar-refractivity contribution in [2.75, 3.05) is 31.2 Å². The van der Waals surface area contributed by atoms with E-state index in [9.17, 15) is 19.7 Å². The number of morpholine rings is 1. The fraction of sp³-hybridized carbons (Fsp3) is 0.357. The number of ether oxygens (including phenoxy) is 1. The number of anilines is 1. The second kappa shape index (κ2) is 10.8. The maximum absolute atomic E-state index is 13.5. The molecule has 3 aromatic rings. The van der Waals surface area contributed by atoms with E-state index < -0.39 is 10.3 Å². The molecule has 0 saturated carbocycles. The first-order valence-corrected chi connectivity index (χ1v) is 13.0. The largest absolute Gasteiger partial charge is 0.378 e. The molecule has 1 aliphatic rings. The van der Waals surface area contributed by atoms with Gasteiger partial charge >= 0.3 is 0 Å². The van der Waals surface area contributed by atoms with Crippen LogP contribution in [0.2, 0.25) is 0 Å². The summed E-state index contributed by atoms with van der Waals surface area (Å²) >= 11 is 1.22. The molecule has 8 nitrogen and oxygen atoms in total. The molecule has 37 heavy (non-hydrogen) atoms. The molecule has 0 atom stereocenters. The van der Waals surface area contributed by atoms with E-state index in [0.29, 0.717) is 53.3 Å². The highest BCUT2D eigenvalue weighted by Gasteiger charge is 2.22. The summed E-state index contributed by atoms with van der Waals surface area (Å²) in [5.41, 5.74) is 2.32. The van der Waals surface area contributed by atoms with Gasteiger partial charge in [0.1, 0.15) is 10.4 Å². The summed E-state index contributed by atoms with van der Waals surface area (Å²) in [5.74, 6) is -0.0801. The summed E-state index contributed by atoms with van der Waals surface area (Å²) in [7, 11) is 0. The number of Topliss-reactive ketones (excluding diaryl/α,β-unsaturated/α-hetero) is 1. The summed E-state index contributed by atoms with van der Waals surface area (Å²) < 4.78 is 7.93. The van der Waals surface area contributed by atoms with Gasteiger partial charge in [-0.25, -0.2) is 0 Å². The molecular weight excluding hydrogens is 490 g/mol. The predicted octanol–water partition coefficient (Wildman–Crippen LogP) is 3.24. The predicted molar refractivity (Wildman–Crippen MR) is 147 cm³/mol. The number of aryl methyl sites for hydroxylation is 1. The van der Waals surface area contributed by atoms with Crippen molar-refractivity contribution < 1.29 is 14.5 Å². The van der Waals surface area contributed by atoms with Gasteiger partial charge in [0.15, 0.2) is 5.78 Å². The van der Waals surface area contributed by atoms with Crippen LogP contribution in [-0.2, 0) is 16.1 Å². The van der Waals surface area contributed by atoms with Gasteiger partial charge in [0.2, 0.25) is 0 Å². The number of benzene rings is 2. The van der Waals surface area contributed by atoms with Crippen molar-refractivity contribution in [1.29, 1.82) is 0 Å². The van der Waals surface area contributed by atoms with Crippen LogP contribution in [-0.4, -0.2) is 41.6 Å². The van der Waals surface area contributed by atoms with Crippen molar-refractivity contribution >= 4 is 40.6 Å². The number of nitrogens with zero attached hydrogens (tertiary/aromatic N) is 3. The number of nitro benzene ring substituents is 1. The molecule has 0 N–H and O–H groups in total. The maximum atomic E-state index is 13.5. The van der Waals surface area contributed by atoms with Gasteiger partial charge in [-0.15, -0.1) is 11.3 Å². The molecule has 0 amide bonds. The first kappa shape index (κ1) is 26.5. The minimum Gasteiger partial charge on any atom is -0.378 e. The van der Waals surface area contributed by atoms with Gasteiger partial charge in [-0.1, -0.05) is 56.7 Å². The van der Waals surface area contributed by atoms with E-state index in [1.807, 2.05) is 56.9 Å². The van der Waals surface area contributed by atoms with Gasteiger partial charge in [0, 0.05) is 30.6 Å². The summed E-state index contributed by atoms with van der Waals surface area (Å²) in [4.78, 5) is 39.7. The maximum Gasteiger partial charge on any atom is 0.293 e. The Hall–Kier alpha value is -3.56. The molecule has 0 unspecified atom stereocenters. The molecule has 0 spiro atoms. The van der Waals surface area contributed by atoms with Gasteiger partial charge in [0.25, 0.3) is 11.2 Å². The lowest BCUT2D eigenvalue weighted by atomic mass is 9.91. The minimum absolute atomic E-state index is 0.0121. The van der Waals surface area contributed by atoms with Crippen molar-refractivity contribution in [2.45, 2.75) is 34.2 Å². The molecule has 0 radical (unpaired) electrons. The fourth-order valence-corrected chi connectivity index (χ4v) is 5.04. The zero-order valence-corrected chi connectivity index (χ0v) is 22.3. The molecule has 1 fully saturated rings. The molecule has 0 aliphatic carbocycles. The molecule has 4 rings (SSSR count). The molecule has 1 saturated heterocycles. The van der Waals surface area contributed by atoms with Crippen LogP contribution in [0.4, 0.5) is 11.4 Å². The Morgan fingerprint density at radius 2 is 1.81 bits per heavy atom. The quantitative estimate of drug-likeness (QED) is 0.365. The number of ketones is 1. The van der Waals surface area contributed by atoms with E-state index >= 15 is 0 Å². The summed E-state index contributed by atoms with van der Waals surface area (Å²) in [5, 5.41) is 11.9. The van der Waals surface area contributed by atoms with Gasteiger partial charge in [-0.3, -0.25) is 24.3 Å².